The van der Waals surface area contributed by atoms with E-state index in [0.29, 0.717) is 18.6 Å². The number of rotatable bonds is 5. The van der Waals surface area contributed by atoms with Gasteiger partial charge in [0.15, 0.2) is 0 Å². The van der Waals surface area contributed by atoms with Gasteiger partial charge < -0.3 is 10.6 Å². The summed E-state index contributed by atoms with van der Waals surface area (Å²) in [4.78, 5) is 37.7. The van der Waals surface area contributed by atoms with Crippen LogP contribution >= 0.6 is 0 Å². The number of amides is 2. The fraction of sp³-hybridized carbons (Fsp3) is 0.148. The molecule has 2 heterocycles. The lowest BCUT2D eigenvalue weighted by Crippen LogP contribution is -2.36. The fourth-order valence-electron chi connectivity index (χ4n) is 4.35. The lowest BCUT2D eigenvalue weighted by molar-refractivity contribution is -0.143. The highest BCUT2D eigenvalue weighted by Crippen LogP contribution is 2.40. The van der Waals surface area contributed by atoms with Crippen LogP contribution in [0.25, 0.3) is 11.1 Å². The Morgan fingerprint density at radius 1 is 0.800 bits per heavy atom. The first-order valence-electron chi connectivity index (χ1n) is 11.7. The van der Waals surface area contributed by atoms with E-state index in [1.807, 2.05) is 23.5 Å². The SMILES string of the molecule is O=C(Nc1cc(C(F)(F)F)cc(C(F)(F)F)c1)c1cccc(C(=O)NC2Cc3cccc(-c4cncnc4)c32)n1. The fourth-order valence-corrected chi connectivity index (χ4v) is 4.35. The minimum atomic E-state index is -5.08. The zero-order valence-corrected chi connectivity index (χ0v) is 20.1. The average Bonchev–Trinajstić information content (AvgIpc) is 2.90. The van der Waals surface area contributed by atoms with Gasteiger partial charge in [-0.2, -0.15) is 26.3 Å². The molecule has 4 aromatic rings. The maximum atomic E-state index is 13.1. The minimum Gasteiger partial charge on any atom is -0.344 e. The van der Waals surface area contributed by atoms with Crippen molar-refractivity contribution in [2.24, 2.45) is 0 Å². The van der Waals surface area contributed by atoms with Crippen LogP contribution in [0.15, 0.2) is 73.3 Å². The number of carbonyl (C=O) groups is 2. The highest BCUT2D eigenvalue weighted by molar-refractivity contribution is 6.04. The number of halogens is 6. The summed E-state index contributed by atoms with van der Waals surface area (Å²) in [5.41, 5.74) is -0.935. The van der Waals surface area contributed by atoms with E-state index in [4.69, 9.17) is 0 Å². The normalized spacial score (nSPS) is 14.6. The summed E-state index contributed by atoms with van der Waals surface area (Å²) in [6.07, 6.45) is -4.93. The Labute approximate surface area is 222 Å². The van der Waals surface area contributed by atoms with Gasteiger partial charge in [0.05, 0.1) is 17.2 Å². The Hall–Kier alpha value is -4.81. The molecule has 0 spiro atoms. The zero-order chi connectivity index (χ0) is 28.7. The highest BCUT2D eigenvalue weighted by Gasteiger charge is 2.37. The molecule has 1 unspecified atom stereocenters. The molecule has 2 amide bonds. The van der Waals surface area contributed by atoms with Crippen molar-refractivity contribution in [3.8, 4) is 11.1 Å². The van der Waals surface area contributed by atoms with E-state index in [-0.39, 0.29) is 23.5 Å². The van der Waals surface area contributed by atoms with E-state index >= 15 is 0 Å². The highest BCUT2D eigenvalue weighted by atomic mass is 19.4. The number of fused-ring (bicyclic) bond motifs is 1. The van der Waals surface area contributed by atoms with Crippen LogP contribution in [-0.4, -0.2) is 26.8 Å². The van der Waals surface area contributed by atoms with Crippen molar-refractivity contribution < 1.29 is 35.9 Å². The van der Waals surface area contributed by atoms with Crippen molar-refractivity contribution in [1.29, 1.82) is 0 Å². The van der Waals surface area contributed by atoms with Crippen LogP contribution < -0.4 is 10.6 Å². The Morgan fingerprint density at radius 3 is 2.02 bits per heavy atom. The second kappa shape index (κ2) is 10.1. The predicted octanol–water partition coefficient (Wildman–Crippen LogP) is 5.86. The molecule has 5 rings (SSSR count). The van der Waals surface area contributed by atoms with Gasteiger partial charge >= 0.3 is 12.4 Å². The predicted molar refractivity (Wildman–Crippen MR) is 130 cm³/mol. The summed E-state index contributed by atoms with van der Waals surface area (Å²) in [6.45, 7) is 0. The molecular formula is C27H17F6N5O2. The largest absolute Gasteiger partial charge is 0.416 e. The second-order valence-electron chi connectivity index (χ2n) is 8.89. The zero-order valence-electron chi connectivity index (χ0n) is 20.1. The van der Waals surface area contributed by atoms with Crippen molar-refractivity contribution in [3.05, 3.63) is 107 Å². The van der Waals surface area contributed by atoms with Gasteiger partial charge in [-0.25, -0.2) is 15.0 Å². The number of anilines is 1. The molecule has 1 atom stereocenters. The molecule has 2 aromatic heterocycles. The van der Waals surface area contributed by atoms with Gasteiger partial charge in [0, 0.05) is 23.6 Å². The van der Waals surface area contributed by atoms with Gasteiger partial charge in [0.1, 0.15) is 17.7 Å². The van der Waals surface area contributed by atoms with Crippen LogP contribution in [0.4, 0.5) is 32.0 Å². The molecule has 40 heavy (non-hydrogen) atoms. The number of hydrogen-bond donors (Lipinski definition) is 2. The molecule has 13 heteroatoms. The van der Waals surface area contributed by atoms with E-state index in [1.54, 1.807) is 12.4 Å². The van der Waals surface area contributed by atoms with Crippen LogP contribution in [0.2, 0.25) is 0 Å². The summed E-state index contributed by atoms with van der Waals surface area (Å²) in [6, 6.07) is 9.85. The monoisotopic (exact) mass is 557 g/mol. The van der Waals surface area contributed by atoms with Crippen molar-refractivity contribution >= 4 is 17.5 Å². The number of benzene rings is 2. The third kappa shape index (κ3) is 5.48. The Morgan fingerprint density at radius 2 is 1.40 bits per heavy atom. The minimum absolute atomic E-state index is 0.0479. The van der Waals surface area contributed by atoms with Gasteiger partial charge in [-0.1, -0.05) is 24.3 Å². The van der Waals surface area contributed by atoms with Crippen LogP contribution in [-0.2, 0) is 18.8 Å². The van der Waals surface area contributed by atoms with Crippen molar-refractivity contribution in [1.82, 2.24) is 20.3 Å². The number of carbonyl (C=O) groups excluding carboxylic acids is 2. The molecule has 2 aromatic carbocycles. The van der Waals surface area contributed by atoms with Crippen molar-refractivity contribution in [3.63, 3.8) is 0 Å². The summed E-state index contributed by atoms with van der Waals surface area (Å²) < 4.78 is 78.9. The Bertz CT molecular complexity index is 1570. The van der Waals surface area contributed by atoms with Gasteiger partial charge in [-0.15, -0.1) is 0 Å². The van der Waals surface area contributed by atoms with Crippen LogP contribution in [0.3, 0.4) is 0 Å². The molecule has 1 aliphatic carbocycles. The number of pyridine rings is 1. The quantitative estimate of drug-likeness (QED) is 0.300. The standard InChI is InChI=1S/C27H17F6N5O2/c28-26(29,30)16-8-17(27(31,32)33)10-18(9-16)36-24(39)20-5-2-6-21(37-20)25(40)38-22-7-14-3-1-4-19(23(14)22)15-11-34-13-35-12-15/h1-6,8-13,22H,7H2,(H,36,39)(H,38,40). The summed E-state index contributed by atoms with van der Waals surface area (Å²) in [7, 11) is 0. The van der Waals surface area contributed by atoms with Crippen molar-refractivity contribution in [2.75, 3.05) is 5.32 Å². The van der Waals surface area contributed by atoms with Crippen LogP contribution in [0.1, 0.15) is 49.3 Å². The van der Waals surface area contributed by atoms with Gasteiger partial charge in [-0.3, -0.25) is 9.59 Å². The molecule has 2 N–H and O–H groups in total. The van der Waals surface area contributed by atoms with E-state index in [0.717, 1.165) is 22.3 Å². The number of aromatic nitrogens is 3. The Kier molecular flexibility index (Phi) is 6.74. The first-order chi connectivity index (χ1) is 18.9. The molecular weight excluding hydrogens is 540 g/mol. The third-order valence-corrected chi connectivity index (χ3v) is 6.21. The van der Waals surface area contributed by atoms with Crippen LogP contribution in [0.5, 0.6) is 0 Å². The summed E-state index contributed by atoms with van der Waals surface area (Å²) >= 11 is 0. The molecule has 7 nitrogen and oxygen atoms in total. The van der Waals surface area contributed by atoms with E-state index in [2.05, 4.69) is 20.3 Å². The summed E-state index contributed by atoms with van der Waals surface area (Å²) in [5, 5.41) is 4.85. The van der Waals surface area contributed by atoms with Crippen molar-refractivity contribution in [2.45, 2.75) is 24.8 Å². The first kappa shape index (κ1) is 26.8. The molecule has 0 bridgehead atoms. The topological polar surface area (TPSA) is 96.9 Å². The third-order valence-electron chi connectivity index (χ3n) is 6.21. The van der Waals surface area contributed by atoms with E-state index in [9.17, 15) is 35.9 Å². The average molecular weight is 557 g/mol. The second-order valence-corrected chi connectivity index (χ2v) is 8.89. The number of nitrogens with one attached hydrogen (secondary N) is 2. The Balaban J connectivity index is 1.34. The lowest BCUT2D eigenvalue weighted by Gasteiger charge is -2.33. The van der Waals surface area contributed by atoms with Crippen LogP contribution in [0, 0.1) is 0 Å². The van der Waals surface area contributed by atoms with Gasteiger partial charge in [-0.05, 0) is 53.4 Å². The molecule has 0 saturated heterocycles. The molecule has 1 aliphatic rings. The van der Waals surface area contributed by atoms with Gasteiger partial charge in [0.25, 0.3) is 11.8 Å². The maximum absolute atomic E-state index is 13.1. The summed E-state index contributed by atoms with van der Waals surface area (Å²) in [5.74, 6) is -1.72. The number of hydrogen-bond acceptors (Lipinski definition) is 5. The van der Waals surface area contributed by atoms with E-state index < -0.39 is 41.0 Å². The first-order valence-corrected chi connectivity index (χ1v) is 11.7. The van der Waals surface area contributed by atoms with E-state index in [1.165, 1.54) is 24.5 Å². The molecule has 0 radical (unpaired) electrons. The number of alkyl halides is 6. The number of nitrogens with zero attached hydrogens (tertiary/aromatic N) is 3. The molecule has 0 fully saturated rings. The smallest absolute Gasteiger partial charge is 0.344 e. The lowest BCUT2D eigenvalue weighted by atomic mass is 9.78. The molecule has 204 valence electrons. The van der Waals surface area contributed by atoms with Gasteiger partial charge in [0.2, 0.25) is 0 Å². The molecule has 0 aliphatic heterocycles. The molecule has 0 saturated carbocycles. The maximum Gasteiger partial charge on any atom is 0.416 e.